The van der Waals surface area contributed by atoms with Crippen LogP contribution in [0.15, 0.2) is 66.7 Å². The predicted molar refractivity (Wildman–Crippen MR) is 115 cm³/mol. The Hall–Kier alpha value is -3.25. The van der Waals surface area contributed by atoms with Crippen LogP contribution in [0.25, 0.3) is 0 Å². The Morgan fingerprint density at radius 2 is 1.72 bits per heavy atom. The van der Waals surface area contributed by atoms with Gasteiger partial charge in [-0.25, -0.2) is 9.97 Å². The molecule has 0 aliphatic heterocycles. The average molecular weight is 390 g/mol. The fourth-order valence-electron chi connectivity index (χ4n) is 2.97. The van der Waals surface area contributed by atoms with Crippen LogP contribution in [0.4, 0.5) is 11.6 Å². The number of aromatic nitrogens is 2. The largest absolute Gasteiger partial charge is 0.385 e. The van der Waals surface area contributed by atoms with Gasteiger partial charge in [-0.1, -0.05) is 48.5 Å². The lowest BCUT2D eigenvalue weighted by atomic mass is 10.1. The maximum absolute atomic E-state index is 13.4. The maximum atomic E-state index is 13.4. The fraction of sp³-hybridized carbons (Fsp3) is 0.261. The summed E-state index contributed by atoms with van der Waals surface area (Å²) >= 11 is 0. The SMILES string of the molecule is COCCCNc1nc(C)cc(C(=O)N(Cc2ccccc2)c2ccccc2)n1. The number of nitrogens with one attached hydrogen (secondary N) is 1. The van der Waals surface area contributed by atoms with Gasteiger partial charge in [-0.2, -0.15) is 0 Å². The summed E-state index contributed by atoms with van der Waals surface area (Å²) < 4.78 is 5.06. The Kier molecular flexibility index (Phi) is 7.30. The molecule has 1 amide bonds. The van der Waals surface area contributed by atoms with Crippen molar-refractivity contribution < 1.29 is 9.53 Å². The number of ether oxygens (including phenoxy) is 1. The minimum absolute atomic E-state index is 0.162. The summed E-state index contributed by atoms with van der Waals surface area (Å²) in [6, 6.07) is 21.3. The summed E-state index contributed by atoms with van der Waals surface area (Å²) in [4.78, 5) is 24.0. The number of methoxy groups -OCH3 is 1. The van der Waals surface area contributed by atoms with Crippen molar-refractivity contribution in [2.45, 2.75) is 19.9 Å². The van der Waals surface area contributed by atoms with Crippen LogP contribution in [-0.2, 0) is 11.3 Å². The van der Waals surface area contributed by atoms with Gasteiger partial charge in [-0.15, -0.1) is 0 Å². The molecule has 2 aromatic carbocycles. The summed E-state index contributed by atoms with van der Waals surface area (Å²) in [5.74, 6) is 0.294. The van der Waals surface area contributed by atoms with Crippen LogP contribution in [0.3, 0.4) is 0 Å². The van der Waals surface area contributed by atoms with Gasteiger partial charge in [0.2, 0.25) is 5.95 Å². The second-order valence-corrected chi connectivity index (χ2v) is 6.70. The van der Waals surface area contributed by atoms with E-state index in [9.17, 15) is 4.79 Å². The molecule has 6 nitrogen and oxygen atoms in total. The molecule has 0 fully saturated rings. The molecule has 0 radical (unpaired) electrons. The van der Waals surface area contributed by atoms with Gasteiger partial charge in [0, 0.05) is 31.6 Å². The molecule has 3 rings (SSSR count). The molecule has 150 valence electrons. The summed E-state index contributed by atoms with van der Waals surface area (Å²) in [6.07, 6.45) is 0.835. The second-order valence-electron chi connectivity index (χ2n) is 6.70. The Labute approximate surface area is 171 Å². The van der Waals surface area contributed by atoms with Crippen LogP contribution in [0.2, 0.25) is 0 Å². The van der Waals surface area contributed by atoms with E-state index in [4.69, 9.17) is 4.74 Å². The normalized spacial score (nSPS) is 10.6. The summed E-state index contributed by atoms with van der Waals surface area (Å²) in [5, 5.41) is 3.17. The Morgan fingerprint density at radius 3 is 2.41 bits per heavy atom. The molecule has 29 heavy (non-hydrogen) atoms. The lowest BCUT2D eigenvalue weighted by Gasteiger charge is -2.23. The number of carbonyl (C=O) groups excluding carboxylic acids is 1. The monoisotopic (exact) mass is 390 g/mol. The maximum Gasteiger partial charge on any atom is 0.277 e. The first kappa shape index (κ1) is 20.5. The molecule has 0 saturated carbocycles. The molecule has 0 aliphatic rings. The van der Waals surface area contributed by atoms with Crippen molar-refractivity contribution in [3.05, 3.63) is 83.7 Å². The molecule has 1 aromatic heterocycles. The number of hydrogen-bond donors (Lipinski definition) is 1. The van der Waals surface area contributed by atoms with Gasteiger partial charge in [0.15, 0.2) is 0 Å². The average Bonchev–Trinajstić information content (AvgIpc) is 2.75. The van der Waals surface area contributed by atoms with E-state index < -0.39 is 0 Å². The molecule has 0 unspecified atom stereocenters. The zero-order chi connectivity index (χ0) is 20.5. The molecule has 3 aromatic rings. The third kappa shape index (κ3) is 5.86. The predicted octanol–water partition coefficient (Wildman–Crippen LogP) is 4.08. The minimum atomic E-state index is -0.162. The van der Waals surface area contributed by atoms with E-state index in [0.717, 1.165) is 23.4 Å². The van der Waals surface area contributed by atoms with E-state index in [-0.39, 0.29) is 5.91 Å². The Balaban J connectivity index is 1.86. The van der Waals surface area contributed by atoms with Crippen molar-refractivity contribution in [1.82, 2.24) is 9.97 Å². The van der Waals surface area contributed by atoms with Gasteiger partial charge in [-0.3, -0.25) is 4.79 Å². The zero-order valence-electron chi connectivity index (χ0n) is 16.8. The minimum Gasteiger partial charge on any atom is -0.385 e. The number of anilines is 2. The molecular weight excluding hydrogens is 364 g/mol. The molecular formula is C23H26N4O2. The number of carbonyl (C=O) groups is 1. The van der Waals surface area contributed by atoms with Crippen molar-refractivity contribution in [1.29, 1.82) is 0 Å². The quantitative estimate of drug-likeness (QED) is 0.558. The number of para-hydroxylation sites is 1. The van der Waals surface area contributed by atoms with Gasteiger partial charge < -0.3 is 15.0 Å². The highest BCUT2D eigenvalue weighted by Gasteiger charge is 2.20. The number of nitrogens with zero attached hydrogens (tertiary/aromatic N) is 3. The first-order chi connectivity index (χ1) is 14.2. The highest BCUT2D eigenvalue weighted by Crippen LogP contribution is 2.20. The van der Waals surface area contributed by atoms with E-state index in [1.165, 1.54) is 0 Å². The molecule has 1 heterocycles. The number of benzene rings is 2. The molecule has 6 heteroatoms. The van der Waals surface area contributed by atoms with Crippen molar-refractivity contribution >= 4 is 17.5 Å². The first-order valence-electron chi connectivity index (χ1n) is 9.66. The summed E-state index contributed by atoms with van der Waals surface area (Å²) in [5.41, 5.74) is 2.98. The molecule has 0 spiro atoms. The fourth-order valence-corrected chi connectivity index (χ4v) is 2.97. The van der Waals surface area contributed by atoms with Crippen LogP contribution in [0.1, 0.15) is 28.2 Å². The first-order valence-corrected chi connectivity index (χ1v) is 9.66. The lowest BCUT2D eigenvalue weighted by molar-refractivity contribution is 0.0980. The topological polar surface area (TPSA) is 67.3 Å². The molecule has 0 saturated heterocycles. The van der Waals surface area contributed by atoms with Crippen LogP contribution in [-0.4, -0.2) is 36.1 Å². The number of aryl methyl sites for hydroxylation is 1. The molecule has 0 aliphatic carbocycles. The summed E-state index contributed by atoms with van der Waals surface area (Å²) in [6.45, 7) is 3.66. The van der Waals surface area contributed by atoms with E-state index in [1.54, 1.807) is 18.1 Å². The Bertz CT molecular complexity index is 917. The number of amides is 1. The molecule has 1 N–H and O–H groups in total. The van der Waals surface area contributed by atoms with Crippen LogP contribution < -0.4 is 10.2 Å². The van der Waals surface area contributed by atoms with Gasteiger partial charge in [-0.05, 0) is 37.1 Å². The van der Waals surface area contributed by atoms with E-state index >= 15 is 0 Å². The molecule has 0 atom stereocenters. The van der Waals surface area contributed by atoms with Crippen molar-refractivity contribution in [3.8, 4) is 0 Å². The van der Waals surface area contributed by atoms with Gasteiger partial charge in [0.05, 0.1) is 6.54 Å². The Morgan fingerprint density at radius 1 is 1.03 bits per heavy atom. The highest BCUT2D eigenvalue weighted by molar-refractivity contribution is 6.04. The smallest absolute Gasteiger partial charge is 0.277 e. The number of hydrogen-bond acceptors (Lipinski definition) is 5. The van der Waals surface area contributed by atoms with Crippen LogP contribution in [0.5, 0.6) is 0 Å². The van der Waals surface area contributed by atoms with Crippen molar-refractivity contribution in [2.75, 3.05) is 30.5 Å². The third-order valence-electron chi connectivity index (χ3n) is 4.38. The highest BCUT2D eigenvalue weighted by atomic mass is 16.5. The van der Waals surface area contributed by atoms with Crippen molar-refractivity contribution in [2.24, 2.45) is 0 Å². The summed E-state index contributed by atoms with van der Waals surface area (Å²) in [7, 11) is 1.67. The van der Waals surface area contributed by atoms with Crippen LogP contribution in [0, 0.1) is 6.92 Å². The number of rotatable bonds is 9. The standard InChI is InChI=1S/C23H26N4O2/c1-18-16-21(26-23(25-18)24-14-9-15-29-2)22(28)27(20-12-7-4-8-13-20)17-19-10-5-3-6-11-19/h3-8,10-13,16H,9,14-15,17H2,1-2H3,(H,24,25,26). The van der Waals surface area contributed by atoms with E-state index in [2.05, 4.69) is 15.3 Å². The third-order valence-corrected chi connectivity index (χ3v) is 4.38. The van der Waals surface area contributed by atoms with Gasteiger partial charge in [0.25, 0.3) is 5.91 Å². The lowest BCUT2D eigenvalue weighted by Crippen LogP contribution is -2.31. The van der Waals surface area contributed by atoms with Crippen molar-refractivity contribution in [3.63, 3.8) is 0 Å². The van der Waals surface area contributed by atoms with E-state index in [0.29, 0.717) is 31.3 Å². The van der Waals surface area contributed by atoms with Crippen LogP contribution >= 0.6 is 0 Å². The second kappa shape index (κ2) is 10.3. The van der Waals surface area contributed by atoms with E-state index in [1.807, 2.05) is 67.6 Å². The zero-order valence-corrected chi connectivity index (χ0v) is 16.8. The molecule has 0 bridgehead atoms. The van der Waals surface area contributed by atoms with Gasteiger partial charge >= 0.3 is 0 Å². The van der Waals surface area contributed by atoms with Gasteiger partial charge in [0.1, 0.15) is 5.69 Å².